The van der Waals surface area contributed by atoms with Crippen LogP contribution in [0.3, 0.4) is 0 Å². The molecule has 3 heteroatoms. The van der Waals surface area contributed by atoms with Gasteiger partial charge >= 0.3 is 0 Å². The van der Waals surface area contributed by atoms with Gasteiger partial charge in [0.2, 0.25) is 0 Å². The van der Waals surface area contributed by atoms with Crippen LogP contribution in [-0.4, -0.2) is 37.1 Å². The van der Waals surface area contributed by atoms with Gasteiger partial charge in [-0.3, -0.25) is 4.90 Å². The van der Waals surface area contributed by atoms with E-state index in [1.807, 2.05) is 12.1 Å². The molecular weight excluding hydrogens is 234 g/mol. The number of nitrogens with zero attached hydrogens (tertiary/aromatic N) is 3. The Morgan fingerprint density at radius 3 is 2.74 bits per heavy atom. The van der Waals surface area contributed by atoms with Gasteiger partial charge < -0.3 is 4.90 Å². The molecule has 0 saturated carbocycles. The summed E-state index contributed by atoms with van der Waals surface area (Å²) >= 11 is 0. The molecule has 0 aliphatic carbocycles. The fourth-order valence-corrected chi connectivity index (χ4v) is 3.36. The third-order valence-corrected chi connectivity index (χ3v) is 4.43. The van der Waals surface area contributed by atoms with Crippen molar-refractivity contribution in [2.24, 2.45) is 0 Å². The van der Waals surface area contributed by atoms with Crippen molar-refractivity contribution < 1.29 is 0 Å². The molecule has 0 N–H and O–H groups in total. The molecule has 2 saturated heterocycles. The van der Waals surface area contributed by atoms with Crippen molar-refractivity contribution in [1.29, 1.82) is 5.26 Å². The van der Waals surface area contributed by atoms with Gasteiger partial charge in [-0.1, -0.05) is 6.07 Å². The van der Waals surface area contributed by atoms with Crippen LogP contribution in [0.1, 0.15) is 30.4 Å². The lowest BCUT2D eigenvalue weighted by Gasteiger charge is -2.25. The summed E-state index contributed by atoms with van der Waals surface area (Å²) in [6.45, 7) is 6.78. The monoisotopic (exact) mass is 255 g/mol. The topological polar surface area (TPSA) is 30.3 Å². The fraction of sp³-hybridized carbons (Fsp3) is 0.562. The Labute approximate surface area is 115 Å². The molecule has 0 radical (unpaired) electrons. The molecule has 2 aliphatic heterocycles. The summed E-state index contributed by atoms with van der Waals surface area (Å²) in [5.41, 5.74) is 3.18. The third-order valence-electron chi connectivity index (χ3n) is 4.43. The summed E-state index contributed by atoms with van der Waals surface area (Å²) in [4.78, 5) is 5.02. The Hall–Kier alpha value is -1.53. The lowest BCUT2D eigenvalue weighted by atomic mass is 10.1. The lowest BCUT2D eigenvalue weighted by Crippen LogP contribution is -2.35. The van der Waals surface area contributed by atoms with Gasteiger partial charge in [0.25, 0.3) is 0 Å². The highest BCUT2D eigenvalue weighted by atomic mass is 15.3. The molecule has 0 amide bonds. The molecule has 100 valence electrons. The smallest absolute Gasteiger partial charge is 0.101 e. The zero-order valence-corrected chi connectivity index (χ0v) is 11.6. The van der Waals surface area contributed by atoms with E-state index in [2.05, 4.69) is 28.9 Å². The van der Waals surface area contributed by atoms with Crippen molar-refractivity contribution in [3.63, 3.8) is 0 Å². The quantitative estimate of drug-likeness (QED) is 0.813. The Bertz CT molecular complexity index is 497. The molecule has 0 aromatic heterocycles. The number of hydrogen-bond donors (Lipinski definition) is 0. The zero-order valence-electron chi connectivity index (χ0n) is 11.6. The van der Waals surface area contributed by atoms with Gasteiger partial charge in [0.1, 0.15) is 6.07 Å². The minimum atomic E-state index is 0.689. The van der Waals surface area contributed by atoms with Crippen molar-refractivity contribution in [2.45, 2.75) is 32.2 Å². The maximum absolute atomic E-state index is 9.26. The molecule has 3 rings (SSSR count). The zero-order chi connectivity index (χ0) is 13.2. The molecule has 3 nitrogen and oxygen atoms in total. The van der Waals surface area contributed by atoms with Crippen molar-refractivity contribution in [1.82, 2.24) is 4.90 Å². The van der Waals surface area contributed by atoms with E-state index < -0.39 is 0 Å². The van der Waals surface area contributed by atoms with Gasteiger partial charge in [0.15, 0.2) is 0 Å². The molecule has 19 heavy (non-hydrogen) atoms. The molecule has 1 unspecified atom stereocenters. The van der Waals surface area contributed by atoms with E-state index in [-0.39, 0.29) is 0 Å². The maximum atomic E-state index is 9.26. The molecule has 2 fully saturated rings. The highest BCUT2D eigenvalue weighted by Gasteiger charge is 2.30. The van der Waals surface area contributed by atoms with Crippen molar-refractivity contribution in [2.75, 3.05) is 31.1 Å². The molecule has 1 aromatic rings. The number of likely N-dealkylation sites (tertiary alicyclic amines) is 1. The number of benzene rings is 1. The minimum absolute atomic E-state index is 0.689. The van der Waals surface area contributed by atoms with Crippen LogP contribution in [0.25, 0.3) is 0 Å². The molecule has 0 bridgehead atoms. The molecule has 1 atom stereocenters. The summed E-state index contributed by atoms with van der Waals surface area (Å²) in [6.07, 6.45) is 3.94. The summed E-state index contributed by atoms with van der Waals surface area (Å²) in [7, 11) is 0. The number of nitriles is 1. The second-order valence-electron chi connectivity index (χ2n) is 5.76. The normalized spacial score (nSPS) is 23.8. The summed E-state index contributed by atoms with van der Waals surface area (Å²) < 4.78 is 0. The minimum Gasteiger partial charge on any atom is -0.369 e. The first-order valence-electron chi connectivity index (χ1n) is 7.27. The van der Waals surface area contributed by atoms with Gasteiger partial charge in [0, 0.05) is 19.1 Å². The second kappa shape index (κ2) is 5.22. The van der Waals surface area contributed by atoms with Gasteiger partial charge in [-0.2, -0.15) is 5.26 Å². The molecule has 2 heterocycles. The van der Waals surface area contributed by atoms with E-state index >= 15 is 0 Å². The maximum Gasteiger partial charge on any atom is 0.101 e. The highest BCUT2D eigenvalue weighted by molar-refractivity contribution is 5.61. The first-order chi connectivity index (χ1) is 9.28. The number of hydrogen-bond acceptors (Lipinski definition) is 3. The summed E-state index contributed by atoms with van der Waals surface area (Å²) in [5, 5.41) is 9.26. The number of rotatable bonds is 2. The predicted molar refractivity (Wildman–Crippen MR) is 77.3 cm³/mol. The Kier molecular flexibility index (Phi) is 3.44. The predicted octanol–water partition coefficient (Wildman–Crippen LogP) is 2.54. The Morgan fingerprint density at radius 2 is 2.00 bits per heavy atom. The van der Waals surface area contributed by atoms with E-state index in [0.717, 1.165) is 24.3 Å². The van der Waals surface area contributed by atoms with Crippen LogP contribution >= 0.6 is 0 Å². The largest absolute Gasteiger partial charge is 0.369 e. The Morgan fingerprint density at radius 1 is 1.21 bits per heavy atom. The van der Waals surface area contributed by atoms with Crippen molar-refractivity contribution in [3.05, 3.63) is 29.3 Å². The van der Waals surface area contributed by atoms with Crippen molar-refractivity contribution >= 4 is 5.69 Å². The molecular formula is C16H21N3. The average Bonchev–Trinajstić information content (AvgIpc) is 3.09. The highest BCUT2D eigenvalue weighted by Crippen LogP contribution is 2.28. The van der Waals surface area contributed by atoms with Crippen LogP contribution in [0, 0.1) is 18.3 Å². The van der Waals surface area contributed by atoms with Crippen LogP contribution in [0.4, 0.5) is 5.69 Å². The molecule has 1 aromatic carbocycles. The van der Waals surface area contributed by atoms with Crippen LogP contribution < -0.4 is 4.90 Å². The average molecular weight is 255 g/mol. The van der Waals surface area contributed by atoms with Crippen LogP contribution in [0.5, 0.6) is 0 Å². The van der Waals surface area contributed by atoms with E-state index in [4.69, 9.17) is 0 Å². The van der Waals surface area contributed by atoms with Crippen LogP contribution in [-0.2, 0) is 0 Å². The van der Waals surface area contributed by atoms with Gasteiger partial charge in [-0.25, -0.2) is 0 Å². The first kappa shape index (κ1) is 12.5. The first-order valence-corrected chi connectivity index (χ1v) is 7.27. The van der Waals surface area contributed by atoms with E-state index in [1.54, 1.807) is 0 Å². The van der Waals surface area contributed by atoms with Gasteiger partial charge in [-0.05, 0) is 57.0 Å². The third kappa shape index (κ3) is 2.46. The Balaban J connectivity index is 1.77. The SMILES string of the molecule is Cc1ccc(C#N)c(N2CCC(N3CCCC3)C2)c1. The second-order valence-corrected chi connectivity index (χ2v) is 5.76. The van der Waals surface area contributed by atoms with Gasteiger partial charge in [0.05, 0.1) is 11.3 Å². The molecule has 0 spiro atoms. The lowest BCUT2D eigenvalue weighted by molar-refractivity contribution is 0.260. The fourth-order valence-electron chi connectivity index (χ4n) is 3.36. The van der Waals surface area contributed by atoms with Crippen LogP contribution in [0.2, 0.25) is 0 Å². The number of aryl methyl sites for hydroxylation is 1. The van der Waals surface area contributed by atoms with Gasteiger partial charge in [-0.15, -0.1) is 0 Å². The standard InChI is InChI=1S/C16H21N3/c1-13-4-5-14(11-17)16(10-13)19-9-6-15(12-19)18-7-2-3-8-18/h4-5,10,15H,2-3,6-9,12H2,1H3. The van der Waals surface area contributed by atoms with E-state index in [0.29, 0.717) is 6.04 Å². The van der Waals surface area contributed by atoms with E-state index in [1.165, 1.54) is 37.9 Å². The van der Waals surface area contributed by atoms with E-state index in [9.17, 15) is 5.26 Å². The van der Waals surface area contributed by atoms with Crippen LogP contribution in [0.15, 0.2) is 18.2 Å². The summed E-state index contributed by atoms with van der Waals surface area (Å²) in [6, 6.07) is 9.15. The summed E-state index contributed by atoms with van der Waals surface area (Å²) in [5.74, 6) is 0. The van der Waals surface area contributed by atoms with Crippen molar-refractivity contribution in [3.8, 4) is 6.07 Å². The molecule has 2 aliphatic rings. The number of anilines is 1.